The number of sulfonamides is 1. The summed E-state index contributed by atoms with van der Waals surface area (Å²) in [5.74, 6) is -0.227. The standard InChI is InChI=1S/C23H28N4O3S/c1-4-27(18(2)20-10-8-19(17-24)9-11-20)23(28)21-6-5-7-22(16-21)31(29,30)26-14-12-25(3)13-15-26/h5-11,16,18H,4,12-15H2,1-3H3. The minimum atomic E-state index is -3.65. The van der Waals surface area contributed by atoms with Gasteiger partial charge >= 0.3 is 0 Å². The van der Waals surface area contributed by atoms with Crippen molar-refractivity contribution < 1.29 is 13.2 Å². The van der Waals surface area contributed by atoms with Gasteiger partial charge in [-0.15, -0.1) is 0 Å². The number of piperazine rings is 1. The lowest BCUT2D eigenvalue weighted by molar-refractivity contribution is 0.0702. The number of carbonyl (C=O) groups excluding carboxylic acids is 1. The molecule has 7 nitrogen and oxygen atoms in total. The van der Waals surface area contributed by atoms with Crippen LogP contribution in [0, 0.1) is 11.3 Å². The maximum atomic E-state index is 13.3. The summed E-state index contributed by atoms with van der Waals surface area (Å²) in [4.78, 5) is 17.2. The van der Waals surface area contributed by atoms with Gasteiger partial charge in [-0.25, -0.2) is 8.42 Å². The fourth-order valence-corrected chi connectivity index (χ4v) is 5.21. The zero-order valence-corrected chi connectivity index (χ0v) is 19.0. The highest BCUT2D eigenvalue weighted by Crippen LogP contribution is 2.24. The average Bonchev–Trinajstić information content (AvgIpc) is 2.79. The van der Waals surface area contributed by atoms with Crippen molar-refractivity contribution >= 4 is 15.9 Å². The van der Waals surface area contributed by atoms with Crippen LogP contribution in [0.1, 0.15) is 41.4 Å². The first-order valence-corrected chi connectivity index (χ1v) is 11.8. The van der Waals surface area contributed by atoms with Gasteiger partial charge in [0.15, 0.2) is 0 Å². The Bertz CT molecular complexity index is 1070. The van der Waals surface area contributed by atoms with E-state index in [0.29, 0.717) is 43.9 Å². The molecule has 0 radical (unpaired) electrons. The van der Waals surface area contributed by atoms with E-state index in [-0.39, 0.29) is 16.8 Å². The number of amides is 1. The van der Waals surface area contributed by atoms with Crippen molar-refractivity contribution in [3.05, 3.63) is 65.2 Å². The zero-order chi connectivity index (χ0) is 22.6. The van der Waals surface area contributed by atoms with Crippen LogP contribution < -0.4 is 0 Å². The van der Waals surface area contributed by atoms with Gasteiger partial charge in [0.2, 0.25) is 10.0 Å². The fraction of sp³-hybridized carbons (Fsp3) is 0.391. The molecule has 1 amide bonds. The molecule has 1 saturated heterocycles. The molecule has 0 N–H and O–H groups in total. The Labute approximate surface area is 184 Å². The van der Waals surface area contributed by atoms with Crippen molar-refractivity contribution in [2.24, 2.45) is 0 Å². The highest BCUT2D eigenvalue weighted by molar-refractivity contribution is 7.89. The van der Waals surface area contributed by atoms with Gasteiger partial charge in [0, 0.05) is 38.3 Å². The Morgan fingerprint density at radius 1 is 1.13 bits per heavy atom. The van der Waals surface area contributed by atoms with Crippen molar-refractivity contribution in [1.82, 2.24) is 14.1 Å². The third kappa shape index (κ3) is 4.96. The predicted octanol–water partition coefficient (Wildman–Crippen LogP) is 2.72. The van der Waals surface area contributed by atoms with Crippen LogP contribution in [0.4, 0.5) is 0 Å². The summed E-state index contributed by atoms with van der Waals surface area (Å²) in [6.07, 6.45) is 0. The van der Waals surface area contributed by atoms with Gasteiger partial charge in [0.25, 0.3) is 5.91 Å². The van der Waals surface area contributed by atoms with Crippen LogP contribution in [0.2, 0.25) is 0 Å². The molecule has 1 aliphatic rings. The molecule has 1 fully saturated rings. The first-order chi connectivity index (χ1) is 14.8. The maximum Gasteiger partial charge on any atom is 0.254 e. The molecule has 2 aromatic carbocycles. The molecule has 0 spiro atoms. The lowest BCUT2D eigenvalue weighted by atomic mass is 10.0. The number of carbonyl (C=O) groups is 1. The Hall–Kier alpha value is -2.73. The van der Waals surface area contributed by atoms with Crippen LogP contribution in [0.15, 0.2) is 53.4 Å². The van der Waals surface area contributed by atoms with Crippen molar-refractivity contribution in [2.75, 3.05) is 39.8 Å². The first-order valence-electron chi connectivity index (χ1n) is 10.4. The molecule has 1 unspecified atom stereocenters. The Morgan fingerprint density at radius 2 is 1.77 bits per heavy atom. The highest BCUT2D eigenvalue weighted by Gasteiger charge is 2.29. The van der Waals surface area contributed by atoms with Crippen LogP contribution in [0.3, 0.4) is 0 Å². The monoisotopic (exact) mass is 440 g/mol. The summed E-state index contributed by atoms with van der Waals surface area (Å²) >= 11 is 0. The lowest BCUT2D eigenvalue weighted by Gasteiger charge is -2.32. The van der Waals surface area contributed by atoms with Gasteiger partial charge in [-0.3, -0.25) is 4.79 Å². The fourth-order valence-electron chi connectivity index (χ4n) is 3.74. The van der Waals surface area contributed by atoms with Gasteiger partial charge in [0.05, 0.1) is 22.6 Å². The molecule has 0 bridgehead atoms. The number of benzene rings is 2. The molecule has 1 heterocycles. The minimum absolute atomic E-state index is 0.144. The van der Waals surface area contributed by atoms with E-state index in [1.165, 1.54) is 10.4 Å². The first kappa shape index (κ1) is 22.9. The van der Waals surface area contributed by atoms with E-state index in [1.54, 1.807) is 35.2 Å². The molecule has 31 heavy (non-hydrogen) atoms. The van der Waals surface area contributed by atoms with Crippen molar-refractivity contribution in [1.29, 1.82) is 5.26 Å². The summed E-state index contributed by atoms with van der Waals surface area (Å²) in [7, 11) is -1.68. The van der Waals surface area contributed by atoms with E-state index >= 15 is 0 Å². The van der Waals surface area contributed by atoms with E-state index in [2.05, 4.69) is 11.0 Å². The number of likely N-dealkylation sites (N-methyl/N-ethyl adjacent to an activating group) is 1. The average molecular weight is 441 g/mol. The molecule has 1 atom stereocenters. The van der Waals surface area contributed by atoms with E-state index in [4.69, 9.17) is 5.26 Å². The number of rotatable bonds is 6. The maximum absolute atomic E-state index is 13.3. The molecule has 3 rings (SSSR count). The van der Waals surface area contributed by atoms with E-state index in [1.807, 2.05) is 33.0 Å². The normalized spacial score (nSPS) is 16.5. The van der Waals surface area contributed by atoms with Crippen LogP contribution in [0.5, 0.6) is 0 Å². The molecule has 2 aromatic rings. The van der Waals surface area contributed by atoms with Gasteiger partial charge < -0.3 is 9.80 Å². The number of hydrogen-bond acceptors (Lipinski definition) is 5. The topological polar surface area (TPSA) is 84.7 Å². The van der Waals surface area contributed by atoms with Crippen molar-refractivity contribution in [3.8, 4) is 6.07 Å². The van der Waals surface area contributed by atoms with Crippen LogP contribution in [-0.2, 0) is 10.0 Å². The SMILES string of the molecule is CCN(C(=O)c1cccc(S(=O)(=O)N2CCN(C)CC2)c1)C(C)c1ccc(C#N)cc1. The quantitative estimate of drug-likeness (QED) is 0.690. The summed E-state index contributed by atoms with van der Waals surface area (Å²) in [6.45, 7) is 6.53. The Kier molecular flexibility index (Phi) is 7.11. The second-order valence-electron chi connectivity index (χ2n) is 7.74. The summed E-state index contributed by atoms with van der Waals surface area (Å²) in [6, 6.07) is 15.3. The van der Waals surface area contributed by atoms with E-state index in [0.717, 1.165) is 5.56 Å². The molecular weight excluding hydrogens is 412 g/mol. The van der Waals surface area contributed by atoms with Gasteiger partial charge in [0.1, 0.15) is 0 Å². The molecular formula is C23H28N4O3S. The highest BCUT2D eigenvalue weighted by atomic mass is 32.2. The zero-order valence-electron chi connectivity index (χ0n) is 18.2. The Morgan fingerprint density at radius 3 is 2.35 bits per heavy atom. The van der Waals surface area contributed by atoms with Crippen molar-refractivity contribution in [3.63, 3.8) is 0 Å². The second-order valence-corrected chi connectivity index (χ2v) is 9.67. The predicted molar refractivity (Wildman–Crippen MR) is 119 cm³/mol. The molecule has 164 valence electrons. The second kappa shape index (κ2) is 9.60. The third-order valence-electron chi connectivity index (χ3n) is 5.77. The number of hydrogen-bond donors (Lipinski definition) is 0. The summed E-state index contributed by atoms with van der Waals surface area (Å²) in [5.41, 5.74) is 1.82. The molecule has 0 aromatic heterocycles. The molecule has 0 saturated carbocycles. The molecule has 8 heteroatoms. The minimum Gasteiger partial charge on any atom is -0.332 e. The van der Waals surface area contributed by atoms with Crippen LogP contribution in [0.25, 0.3) is 0 Å². The molecule has 1 aliphatic heterocycles. The Balaban J connectivity index is 1.84. The largest absolute Gasteiger partial charge is 0.332 e. The van der Waals surface area contributed by atoms with Gasteiger partial charge in [-0.05, 0) is 56.8 Å². The smallest absolute Gasteiger partial charge is 0.254 e. The lowest BCUT2D eigenvalue weighted by Crippen LogP contribution is -2.47. The van der Waals surface area contributed by atoms with E-state index in [9.17, 15) is 13.2 Å². The molecule has 0 aliphatic carbocycles. The van der Waals surface area contributed by atoms with Crippen LogP contribution in [-0.4, -0.2) is 68.2 Å². The van der Waals surface area contributed by atoms with E-state index < -0.39 is 10.0 Å². The van der Waals surface area contributed by atoms with Crippen LogP contribution >= 0.6 is 0 Å². The number of nitriles is 1. The van der Waals surface area contributed by atoms with Gasteiger partial charge in [-0.2, -0.15) is 9.57 Å². The van der Waals surface area contributed by atoms with Gasteiger partial charge in [-0.1, -0.05) is 18.2 Å². The summed E-state index contributed by atoms with van der Waals surface area (Å²) in [5, 5.41) is 8.99. The summed E-state index contributed by atoms with van der Waals surface area (Å²) < 4.78 is 27.6. The third-order valence-corrected chi connectivity index (χ3v) is 7.67. The number of nitrogens with zero attached hydrogens (tertiary/aromatic N) is 4. The van der Waals surface area contributed by atoms with Crippen molar-refractivity contribution in [2.45, 2.75) is 24.8 Å².